The minimum absolute atomic E-state index is 0.0198. The van der Waals surface area contributed by atoms with Crippen molar-refractivity contribution in [2.45, 2.75) is 32.7 Å². The van der Waals surface area contributed by atoms with Crippen LogP contribution in [0.15, 0.2) is 24.3 Å². The van der Waals surface area contributed by atoms with Crippen LogP contribution in [0.5, 0.6) is 0 Å². The number of ether oxygens (including phenoxy) is 2. The maximum Gasteiger partial charge on any atom is 0.327 e. The molecule has 0 aliphatic carbocycles. The highest BCUT2D eigenvalue weighted by atomic mass is 19.1. The molecule has 1 aromatic carbocycles. The number of hydrogen-bond donors (Lipinski definition) is 2. The Labute approximate surface area is 155 Å². The first-order chi connectivity index (χ1) is 12.8. The lowest BCUT2D eigenvalue weighted by atomic mass is 9.95. The molecule has 2 atom stereocenters. The van der Waals surface area contributed by atoms with E-state index in [1.807, 2.05) is 0 Å². The second-order valence-corrected chi connectivity index (χ2v) is 5.55. The summed E-state index contributed by atoms with van der Waals surface area (Å²) < 4.78 is 22.5. The van der Waals surface area contributed by atoms with Crippen molar-refractivity contribution in [3.63, 3.8) is 0 Å². The Morgan fingerprint density at radius 2 is 1.67 bits per heavy atom. The number of carboxylic acid groups (broad SMARTS) is 1. The normalized spacial score (nSPS) is 12.6. The number of amides is 1. The van der Waals surface area contributed by atoms with E-state index >= 15 is 0 Å². The summed E-state index contributed by atoms with van der Waals surface area (Å²) in [4.78, 5) is 47.6. The van der Waals surface area contributed by atoms with Crippen molar-refractivity contribution in [1.29, 1.82) is 0 Å². The zero-order chi connectivity index (χ0) is 20.4. The van der Waals surface area contributed by atoms with Gasteiger partial charge in [-0.25, -0.2) is 9.18 Å². The molecule has 0 heterocycles. The first-order valence-corrected chi connectivity index (χ1v) is 8.37. The van der Waals surface area contributed by atoms with Gasteiger partial charge >= 0.3 is 17.9 Å². The van der Waals surface area contributed by atoms with Gasteiger partial charge < -0.3 is 19.9 Å². The second kappa shape index (κ2) is 10.9. The Morgan fingerprint density at radius 1 is 1.07 bits per heavy atom. The van der Waals surface area contributed by atoms with E-state index in [-0.39, 0.29) is 19.6 Å². The minimum Gasteiger partial charge on any atom is -0.480 e. The van der Waals surface area contributed by atoms with Gasteiger partial charge in [0.15, 0.2) is 0 Å². The topological polar surface area (TPSA) is 119 Å². The van der Waals surface area contributed by atoms with Crippen LogP contribution in [0, 0.1) is 11.7 Å². The number of benzene rings is 1. The van der Waals surface area contributed by atoms with Crippen LogP contribution in [0.1, 0.15) is 25.8 Å². The van der Waals surface area contributed by atoms with Crippen molar-refractivity contribution in [3.8, 4) is 0 Å². The molecule has 0 aliphatic rings. The van der Waals surface area contributed by atoms with Gasteiger partial charge in [-0.1, -0.05) is 12.1 Å². The number of hydrogen-bond acceptors (Lipinski definition) is 6. The molecule has 0 unspecified atom stereocenters. The Morgan fingerprint density at radius 3 is 2.19 bits per heavy atom. The van der Waals surface area contributed by atoms with E-state index in [2.05, 4.69) is 5.32 Å². The van der Waals surface area contributed by atoms with Gasteiger partial charge in [0.2, 0.25) is 5.91 Å². The smallest absolute Gasteiger partial charge is 0.327 e. The molecule has 1 rings (SSSR count). The van der Waals surface area contributed by atoms with Gasteiger partial charge in [-0.3, -0.25) is 14.4 Å². The molecule has 9 heteroatoms. The quantitative estimate of drug-likeness (QED) is 0.580. The van der Waals surface area contributed by atoms with Gasteiger partial charge in [0.05, 0.1) is 32.0 Å². The summed E-state index contributed by atoms with van der Waals surface area (Å²) in [6, 6.07) is 3.42. The van der Waals surface area contributed by atoms with Crippen molar-refractivity contribution >= 4 is 23.8 Å². The first-order valence-electron chi connectivity index (χ1n) is 8.37. The van der Waals surface area contributed by atoms with Gasteiger partial charge in [0.25, 0.3) is 0 Å². The zero-order valence-corrected chi connectivity index (χ0v) is 15.1. The van der Waals surface area contributed by atoms with Crippen LogP contribution < -0.4 is 5.32 Å². The van der Waals surface area contributed by atoms with Crippen molar-refractivity contribution in [2.24, 2.45) is 5.92 Å². The molecule has 1 amide bonds. The highest BCUT2D eigenvalue weighted by molar-refractivity contribution is 5.91. The van der Waals surface area contributed by atoms with E-state index < -0.39 is 48.0 Å². The average molecular weight is 383 g/mol. The predicted molar refractivity (Wildman–Crippen MR) is 91.0 cm³/mol. The fourth-order valence-corrected chi connectivity index (χ4v) is 2.33. The largest absolute Gasteiger partial charge is 0.480 e. The Balaban J connectivity index is 2.92. The third-order valence-corrected chi connectivity index (χ3v) is 3.54. The monoisotopic (exact) mass is 383 g/mol. The Kier molecular flexibility index (Phi) is 8.91. The number of carbonyl (C=O) groups is 4. The van der Waals surface area contributed by atoms with Crippen LogP contribution in [0.3, 0.4) is 0 Å². The molecule has 0 radical (unpaired) electrons. The minimum atomic E-state index is -1.68. The third kappa shape index (κ3) is 7.43. The van der Waals surface area contributed by atoms with Crippen LogP contribution in [0.2, 0.25) is 0 Å². The van der Waals surface area contributed by atoms with Gasteiger partial charge in [0.1, 0.15) is 11.9 Å². The molecule has 8 nitrogen and oxygen atoms in total. The van der Waals surface area contributed by atoms with E-state index in [4.69, 9.17) is 9.47 Å². The molecule has 0 fully saturated rings. The first kappa shape index (κ1) is 22.1. The van der Waals surface area contributed by atoms with Crippen LogP contribution in [0.25, 0.3) is 0 Å². The number of carboxylic acids is 1. The van der Waals surface area contributed by atoms with Crippen molar-refractivity contribution in [3.05, 3.63) is 35.6 Å². The van der Waals surface area contributed by atoms with E-state index in [9.17, 15) is 28.7 Å². The summed E-state index contributed by atoms with van der Waals surface area (Å²) in [5, 5.41) is 11.7. The molecule has 0 aromatic heterocycles. The molecule has 2 N–H and O–H groups in total. The maximum atomic E-state index is 12.9. The van der Waals surface area contributed by atoms with Crippen LogP contribution in [0.4, 0.5) is 4.39 Å². The molecule has 0 saturated heterocycles. The molecule has 1 aromatic rings. The Hall–Kier alpha value is -2.97. The Bertz CT molecular complexity index is 675. The van der Waals surface area contributed by atoms with E-state index in [0.29, 0.717) is 5.56 Å². The molecular weight excluding hydrogens is 361 g/mol. The zero-order valence-electron chi connectivity index (χ0n) is 15.1. The van der Waals surface area contributed by atoms with Crippen LogP contribution in [-0.2, 0) is 35.1 Å². The lowest BCUT2D eigenvalue weighted by Gasteiger charge is -2.22. The predicted octanol–water partition coefficient (Wildman–Crippen LogP) is 1.07. The number of halogens is 1. The third-order valence-electron chi connectivity index (χ3n) is 3.54. The summed E-state index contributed by atoms with van der Waals surface area (Å²) in [6.07, 6.45) is -0.778. The van der Waals surface area contributed by atoms with Crippen molar-refractivity contribution < 1.29 is 38.1 Å². The lowest BCUT2D eigenvalue weighted by Crippen LogP contribution is -2.50. The molecular formula is C18H22FNO7. The molecule has 0 aliphatic heterocycles. The summed E-state index contributed by atoms with van der Waals surface area (Å²) in [5.41, 5.74) is 0.455. The fraction of sp³-hybridized carbons (Fsp3) is 0.444. The SMILES string of the molecule is CCOC(=O)C[C@H](C(=O)OCC)[C@@H](NC(=O)Cc1ccc(F)cc1)C(=O)O. The van der Waals surface area contributed by atoms with E-state index in [1.54, 1.807) is 6.92 Å². The van der Waals surface area contributed by atoms with E-state index in [1.165, 1.54) is 31.2 Å². The molecule has 0 saturated carbocycles. The summed E-state index contributed by atoms with van der Waals surface area (Å²) in [7, 11) is 0. The number of nitrogens with one attached hydrogen (secondary N) is 1. The molecule has 27 heavy (non-hydrogen) atoms. The van der Waals surface area contributed by atoms with Crippen LogP contribution in [-0.4, -0.2) is 48.2 Å². The number of aliphatic carboxylic acids is 1. The lowest BCUT2D eigenvalue weighted by molar-refractivity contribution is -0.160. The van der Waals surface area contributed by atoms with Gasteiger partial charge in [-0.2, -0.15) is 0 Å². The van der Waals surface area contributed by atoms with Crippen molar-refractivity contribution in [2.75, 3.05) is 13.2 Å². The molecule has 0 bridgehead atoms. The average Bonchev–Trinajstić information content (AvgIpc) is 2.60. The molecule has 148 valence electrons. The maximum absolute atomic E-state index is 12.9. The highest BCUT2D eigenvalue weighted by Crippen LogP contribution is 2.15. The number of esters is 2. The number of rotatable bonds is 10. The summed E-state index contributed by atoms with van der Waals surface area (Å²) in [6.45, 7) is 3.13. The second-order valence-electron chi connectivity index (χ2n) is 5.55. The van der Waals surface area contributed by atoms with Crippen LogP contribution >= 0.6 is 0 Å². The highest BCUT2D eigenvalue weighted by Gasteiger charge is 2.38. The summed E-state index contributed by atoms with van der Waals surface area (Å²) >= 11 is 0. The van der Waals surface area contributed by atoms with Gasteiger partial charge in [0, 0.05) is 0 Å². The number of carbonyl (C=O) groups excluding carboxylic acids is 3. The van der Waals surface area contributed by atoms with Gasteiger partial charge in [-0.15, -0.1) is 0 Å². The molecule has 0 spiro atoms. The van der Waals surface area contributed by atoms with Gasteiger partial charge in [-0.05, 0) is 31.5 Å². The standard InChI is InChI=1S/C18H22FNO7/c1-3-26-15(22)10-13(18(25)27-4-2)16(17(23)24)20-14(21)9-11-5-7-12(19)8-6-11/h5-8,13,16H,3-4,9-10H2,1-2H3,(H,20,21)(H,23,24)/t13-,16+/m0/s1. The van der Waals surface area contributed by atoms with E-state index in [0.717, 1.165) is 0 Å². The summed E-state index contributed by atoms with van der Waals surface area (Å²) in [5.74, 6) is -5.83. The van der Waals surface area contributed by atoms with Crippen molar-refractivity contribution in [1.82, 2.24) is 5.32 Å². The fourth-order valence-electron chi connectivity index (χ4n) is 2.33.